The summed E-state index contributed by atoms with van der Waals surface area (Å²) in [4.78, 5) is 0. The number of rotatable bonds is 9. The third-order valence-electron chi connectivity index (χ3n) is 6.62. The molecule has 0 radical (unpaired) electrons. The van der Waals surface area contributed by atoms with Crippen molar-refractivity contribution in [3.8, 4) is 11.5 Å². The van der Waals surface area contributed by atoms with Crippen molar-refractivity contribution in [1.82, 2.24) is 0 Å². The van der Waals surface area contributed by atoms with Gasteiger partial charge in [0.05, 0.1) is 24.4 Å². The van der Waals surface area contributed by atoms with Crippen molar-refractivity contribution in [2.75, 3.05) is 47.3 Å². The smallest absolute Gasteiger partial charge is 0.523 e. The summed E-state index contributed by atoms with van der Waals surface area (Å²) >= 11 is 0. The van der Waals surface area contributed by atoms with E-state index in [0.717, 1.165) is 44.3 Å². The van der Waals surface area contributed by atoms with Crippen LogP contribution >= 0.6 is 0 Å². The molecule has 1 aromatic carbocycles. The molecular formula is C29H62B6O12. The third-order valence-corrected chi connectivity index (χ3v) is 6.62. The van der Waals surface area contributed by atoms with Gasteiger partial charge in [0.15, 0.2) is 0 Å². The first-order valence-corrected chi connectivity index (χ1v) is 16.6. The molecule has 268 valence electrons. The number of hydrogen-bond donors (Lipinski definition) is 1. The molecular weight excluding hydrogens is 605 g/mol. The fourth-order valence-corrected chi connectivity index (χ4v) is 3.54. The van der Waals surface area contributed by atoms with E-state index in [1.165, 1.54) is 0 Å². The van der Waals surface area contributed by atoms with Crippen molar-refractivity contribution in [2.45, 2.75) is 107 Å². The summed E-state index contributed by atoms with van der Waals surface area (Å²) in [5, 5.41) is 8.46. The molecule has 0 spiro atoms. The van der Waals surface area contributed by atoms with E-state index in [4.69, 9.17) is 46.9 Å². The third kappa shape index (κ3) is 24.6. The molecule has 2 saturated heterocycles. The summed E-state index contributed by atoms with van der Waals surface area (Å²) in [5.41, 5.74) is -0.321. The van der Waals surface area contributed by atoms with Gasteiger partial charge in [-0.25, -0.2) is 0 Å². The van der Waals surface area contributed by atoms with E-state index in [0.29, 0.717) is 6.61 Å². The lowest BCUT2D eigenvalue weighted by Gasteiger charge is -2.32. The first-order chi connectivity index (χ1) is 22.0. The highest BCUT2D eigenvalue weighted by Gasteiger charge is 2.48. The zero-order chi connectivity index (χ0) is 36.5. The van der Waals surface area contributed by atoms with Crippen LogP contribution in [0.1, 0.15) is 54.9 Å². The second-order valence-electron chi connectivity index (χ2n) is 11.4. The predicted octanol–water partition coefficient (Wildman–Crippen LogP) is 5.53. The minimum atomic E-state index is -0.597. The monoisotopic (exact) mass is 668 g/mol. The molecule has 4 rings (SSSR count). The summed E-state index contributed by atoms with van der Waals surface area (Å²) < 4.78 is 55.7. The Morgan fingerprint density at radius 1 is 0.702 bits per heavy atom. The Balaban J connectivity index is 0. The van der Waals surface area contributed by atoms with Crippen molar-refractivity contribution < 1.29 is 56.2 Å². The Hall–Kier alpha value is -1.19. The van der Waals surface area contributed by atoms with Gasteiger partial charge in [-0.1, -0.05) is 19.1 Å². The molecule has 0 bridgehead atoms. The van der Waals surface area contributed by atoms with Gasteiger partial charge in [0.1, 0.15) is 11.5 Å². The van der Waals surface area contributed by atoms with Crippen LogP contribution in [0.15, 0.2) is 24.3 Å². The van der Waals surface area contributed by atoms with E-state index >= 15 is 0 Å². The highest BCUT2D eigenvalue weighted by Crippen LogP contribution is 2.36. The second kappa shape index (κ2) is 27.6. The summed E-state index contributed by atoms with van der Waals surface area (Å²) in [7, 11) is 2.37. The molecule has 0 aliphatic carbocycles. The summed E-state index contributed by atoms with van der Waals surface area (Å²) in [6, 6.07) is 7.66. The molecule has 0 atom stereocenters. The first-order valence-electron chi connectivity index (χ1n) is 16.6. The van der Waals surface area contributed by atoms with Crippen molar-refractivity contribution in [2.24, 2.45) is 0 Å². The molecule has 12 nitrogen and oxygen atoms in total. The largest absolute Gasteiger partial charge is 0.591 e. The predicted molar refractivity (Wildman–Crippen MR) is 195 cm³/mol. The van der Waals surface area contributed by atoms with Gasteiger partial charge < -0.3 is 56.2 Å². The second-order valence-corrected chi connectivity index (χ2v) is 11.4. The van der Waals surface area contributed by atoms with E-state index in [1.807, 2.05) is 79.2 Å². The van der Waals surface area contributed by atoms with E-state index in [-0.39, 0.29) is 46.8 Å². The van der Waals surface area contributed by atoms with E-state index < -0.39 is 7.12 Å². The molecule has 0 aromatic heterocycles. The van der Waals surface area contributed by atoms with E-state index in [9.17, 15) is 0 Å². The van der Waals surface area contributed by atoms with Gasteiger partial charge in [-0.3, -0.25) is 0 Å². The van der Waals surface area contributed by atoms with Crippen LogP contribution < -0.4 is 9.31 Å². The number of benzene rings is 1. The van der Waals surface area contributed by atoms with Gasteiger partial charge in [0.25, 0.3) is 0 Å². The lowest BCUT2D eigenvalue weighted by atomic mass is 9.90. The van der Waals surface area contributed by atoms with Crippen molar-refractivity contribution in [3.05, 3.63) is 24.3 Å². The SMILES string of the molecule is CB1OC(C)(C)C(C)(C)O1.CB1OCCO1.CB1Oc2ccccc2O1.CCCOB(C)O.CCOB(C)OCC.COB(C)OC. The van der Waals surface area contributed by atoms with Gasteiger partial charge in [-0.15, -0.1) is 0 Å². The molecule has 1 N–H and O–H groups in total. The maximum absolute atomic E-state index is 8.46. The molecule has 0 saturated carbocycles. The van der Waals surface area contributed by atoms with Crippen LogP contribution in [-0.4, -0.2) is 106 Å². The average molecular weight is 668 g/mol. The number of fused-ring (bicyclic) bond motifs is 1. The number of para-hydroxylation sites is 2. The zero-order valence-electron chi connectivity index (χ0n) is 32.0. The molecule has 2 fully saturated rings. The van der Waals surface area contributed by atoms with Crippen LogP contribution in [0.2, 0.25) is 40.9 Å². The first kappa shape index (κ1) is 47.9. The highest BCUT2D eigenvalue weighted by molar-refractivity contribution is 6.46. The Kier molecular flexibility index (Phi) is 28.2. The topological polar surface area (TPSA) is 122 Å². The normalized spacial score (nSPS) is 16.0. The summed E-state index contributed by atoms with van der Waals surface area (Å²) in [5.74, 6) is 1.69. The molecule has 47 heavy (non-hydrogen) atoms. The van der Waals surface area contributed by atoms with Gasteiger partial charge >= 0.3 is 42.7 Å². The fourth-order valence-electron chi connectivity index (χ4n) is 3.54. The molecule has 0 amide bonds. The van der Waals surface area contributed by atoms with Crippen molar-refractivity contribution in [3.63, 3.8) is 0 Å². The van der Waals surface area contributed by atoms with Crippen LogP contribution in [-0.2, 0) is 41.9 Å². The van der Waals surface area contributed by atoms with Gasteiger partial charge in [-0.2, -0.15) is 0 Å². The summed E-state index contributed by atoms with van der Waals surface area (Å²) in [6.07, 6.45) is 0.963. The minimum absolute atomic E-state index is 0.0370. The van der Waals surface area contributed by atoms with Crippen LogP contribution in [0.3, 0.4) is 0 Å². The molecule has 1 aromatic rings. The van der Waals surface area contributed by atoms with Crippen molar-refractivity contribution in [1.29, 1.82) is 0 Å². The van der Waals surface area contributed by atoms with Crippen LogP contribution in [0.5, 0.6) is 11.5 Å². The zero-order valence-corrected chi connectivity index (χ0v) is 32.0. The number of hydrogen-bond acceptors (Lipinski definition) is 12. The molecule has 18 heteroatoms. The van der Waals surface area contributed by atoms with Crippen LogP contribution in [0, 0.1) is 0 Å². The van der Waals surface area contributed by atoms with Gasteiger partial charge in [0.2, 0.25) is 0 Å². The van der Waals surface area contributed by atoms with E-state index in [1.54, 1.807) is 21.0 Å². The van der Waals surface area contributed by atoms with Crippen molar-refractivity contribution >= 4 is 42.7 Å². The van der Waals surface area contributed by atoms with Gasteiger partial charge in [0, 0.05) is 34.0 Å². The molecule has 0 unspecified atom stereocenters. The quantitative estimate of drug-likeness (QED) is 0.333. The summed E-state index contributed by atoms with van der Waals surface area (Å²) in [6.45, 7) is 28.8. The van der Waals surface area contributed by atoms with Crippen LogP contribution in [0.25, 0.3) is 0 Å². The Labute approximate surface area is 288 Å². The lowest BCUT2D eigenvalue weighted by molar-refractivity contribution is 0.00578. The fraction of sp³-hybridized carbons (Fsp3) is 0.793. The van der Waals surface area contributed by atoms with Gasteiger partial charge in [-0.05, 0) is 101 Å². The Morgan fingerprint density at radius 3 is 1.34 bits per heavy atom. The molecule has 3 heterocycles. The lowest BCUT2D eigenvalue weighted by Crippen LogP contribution is -2.41. The van der Waals surface area contributed by atoms with Crippen LogP contribution in [0.4, 0.5) is 0 Å². The Morgan fingerprint density at radius 2 is 1.13 bits per heavy atom. The maximum atomic E-state index is 8.46. The maximum Gasteiger partial charge on any atom is 0.591 e. The average Bonchev–Trinajstić information content (AvgIpc) is 3.68. The highest BCUT2D eigenvalue weighted by atomic mass is 16.7. The Bertz CT molecular complexity index is 818. The van der Waals surface area contributed by atoms with E-state index in [2.05, 4.69) is 37.0 Å². The minimum Gasteiger partial charge on any atom is -0.523 e. The molecule has 3 aliphatic heterocycles. The standard InChI is InChI=1S/C7H7BO2.C7H15BO2.C5H13BO2.C4H11BO2.C3H7BO2.C3H9BO2/c1-8-9-6-4-2-3-5-7(6)10-8;1-6(2)7(3,4)10-8(5)9-6;1-4-7-6(3)8-5-2;1-3-4-7-5(2)6;1-4-5-2-3-6-4;1-4(5-2)6-3/h2-5H,1H3;1-5H3;4-5H2,1-3H3;6H,3-4H2,1-2H3;2-3H2,1H3;1-3H3. The molecule has 3 aliphatic rings.